The van der Waals surface area contributed by atoms with Crippen LogP contribution >= 0.6 is 27.3 Å². The normalized spacial score (nSPS) is 11.5. The summed E-state index contributed by atoms with van der Waals surface area (Å²) in [7, 11) is 0. The summed E-state index contributed by atoms with van der Waals surface area (Å²) in [6.45, 7) is 0.116. The van der Waals surface area contributed by atoms with Crippen LogP contribution in [0.3, 0.4) is 0 Å². The summed E-state index contributed by atoms with van der Waals surface area (Å²) in [5.74, 6) is -1.88. The molecule has 2 aromatic rings. The van der Waals surface area contributed by atoms with Gasteiger partial charge >= 0.3 is 6.18 Å². The van der Waals surface area contributed by atoms with E-state index < -0.39 is 29.0 Å². The fourth-order valence-electron chi connectivity index (χ4n) is 1.58. The zero-order valence-corrected chi connectivity index (χ0v) is 12.7. The quantitative estimate of drug-likeness (QED) is 0.773. The van der Waals surface area contributed by atoms with Gasteiger partial charge in [0.05, 0.1) is 17.7 Å². The second kappa shape index (κ2) is 6.15. The highest BCUT2D eigenvalue weighted by molar-refractivity contribution is 9.10. The van der Waals surface area contributed by atoms with Gasteiger partial charge in [0.25, 0.3) is 5.91 Å². The Kier molecular flexibility index (Phi) is 4.67. The topological polar surface area (TPSA) is 29.1 Å². The zero-order valence-electron chi connectivity index (χ0n) is 10.3. The summed E-state index contributed by atoms with van der Waals surface area (Å²) in [5.41, 5.74) is -1.69. The first-order valence-electron chi connectivity index (χ1n) is 5.65. The van der Waals surface area contributed by atoms with Crippen molar-refractivity contribution in [2.45, 2.75) is 12.7 Å². The molecule has 0 aliphatic rings. The van der Waals surface area contributed by atoms with E-state index in [2.05, 4.69) is 21.2 Å². The number of halogens is 5. The SMILES string of the molecule is O=C(NCc1cc(Br)cs1)c1cc(C(F)(F)F)ccc1F. The Morgan fingerprint density at radius 2 is 2.00 bits per heavy atom. The van der Waals surface area contributed by atoms with Crippen LogP contribution in [0, 0.1) is 5.82 Å². The first kappa shape index (κ1) is 16.0. The molecule has 0 spiro atoms. The number of carbonyl (C=O) groups is 1. The molecule has 0 fully saturated rings. The van der Waals surface area contributed by atoms with Gasteiger partial charge in [-0.15, -0.1) is 11.3 Å². The molecule has 1 aromatic heterocycles. The van der Waals surface area contributed by atoms with Crippen LogP contribution in [0.2, 0.25) is 0 Å². The number of carbonyl (C=O) groups excluding carboxylic acids is 1. The first-order valence-corrected chi connectivity index (χ1v) is 7.32. The molecule has 8 heteroatoms. The molecule has 1 amide bonds. The number of hydrogen-bond acceptors (Lipinski definition) is 2. The minimum absolute atomic E-state index is 0.116. The van der Waals surface area contributed by atoms with Gasteiger partial charge in [0.1, 0.15) is 5.82 Å². The highest BCUT2D eigenvalue weighted by atomic mass is 79.9. The molecule has 0 aliphatic carbocycles. The highest BCUT2D eigenvalue weighted by Gasteiger charge is 2.31. The van der Waals surface area contributed by atoms with E-state index in [-0.39, 0.29) is 6.54 Å². The van der Waals surface area contributed by atoms with Gasteiger partial charge in [-0.1, -0.05) is 0 Å². The number of rotatable bonds is 3. The lowest BCUT2D eigenvalue weighted by molar-refractivity contribution is -0.137. The van der Waals surface area contributed by atoms with Crippen LogP contribution in [0.5, 0.6) is 0 Å². The lowest BCUT2D eigenvalue weighted by atomic mass is 10.1. The van der Waals surface area contributed by atoms with Crippen molar-refractivity contribution in [3.8, 4) is 0 Å². The number of amides is 1. The van der Waals surface area contributed by atoms with Crippen molar-refractivity contribution >= 4 is 33.2 Å². The Morgan fingerprint density at radius 1 is 1.29 bits per heavy atom. The molecule has 2 rings (SSSR count). The molecule has 0 aliphatic heterocycles. The molecule has 112 valence electrons. The van der Waals surface area contributed by atoms with Gasteiger partial charge in [-0.25, -0.2) is 4.39 Å². The summed E-state index contributed by atoms with van der Waals surface area (Å²) in [4.78, 5) is 12.6. The molecule has 0 saturated carbocycles. The molecule has 1 heterocycles. The lowest BCUT2D eigenvalue weighted by Gasteiger charge is -2.10. The van der Waals surface area contributed by atoms with Crippen LogP contribution in [0.25, 0.3) is 0 Å². The maximum Gasteiger partial charge on any atom is 0.416 e. The highest BCUT2D eigenvalue weighted by Crippen LogP contribution is 2.30. The summed E-state index contributed by atoms with van der Waals surface area (Å²) in [5, 5.41) is 4.19. The molecule has 0 bridgehead atoms. The van der Waals surface area contributed by atoms with Gasteiger partial charge in [-0.05, 0) is 40.2 Å². The van der Waals surface area contributed by atoms with Crippen molar-refractivity contribution in [3.05, 3.63) is 55.9 Å². The van der Waals surface area contributed by atoms with Crippen molar-refractivity contribution in [1.29, 1.82) is 0 Å². The molecule has 21 heavy (non-hydrogen) atoms. The maximum atomic E-state index is 13.5. The van der Waals surface area contributed by atoms with E-state index >= 15 is 0 Å². The predicted molar refractivity (Wildman–Crippen MR) is 74.6 cm³/mol. The van der Waals surface area contributed by atoms with Crippen LogP contribution in [0.15, 0.2) is 34.1 Å². The smallest absolute Gasteiger partial charge is 0.347 e. The third-order valence-electron chi connectivity index (χ3n) is 2.58. The number of alkyl halides is 3. The number of hydrogen-bond donors (Lipinski definition) is 1. The fraction of sp³-hybridized carbons (Fsp3) is 0.154. The van der Waals surface area contributed by atoms with Crippen LogP contribution < -0.4 is 5.32 Å². The Labute approximate surface area is 129 Å². The van der Waals surface area contributed by atoms with Gasteiger partial charge in [0.15, 0.2) is 0 Å². The third kappa shape index (κ3) is 4.04. The molecular formula is C13H8BrF4NOS. The lowest BCUT2D eigenvalue weighted by Crippen LogP contribution is -2.24. The monoisotopic (exact) mass is 381 g/mol. The van der Waals surface area contributed by atoms with Gasteiger partial charge in [-0.3, -0.25) is 4.79 Å². The fourth-order valence-corrected chi connectivity index (χ4v) is 2.98. The Morgan fingerprint density at radius 3 is 2.57 bits per heavy atom. The minimum Gasteiger partial charge on any atom is -0.347 e. The summed E-state index contributed by atoms with van der Waals surface area (Å²) >= 11 is 4.60. The standard InChI is InChI=1S/C13H8BrF4NOS/c14-8-4-9(21-6-8)5-19-12(20)10-3-7(13(16,17)18)1-2-11(10)15/h1-4,6H,5H2,(H,19,20). The van der Waals surface area contributed by atoms with Crippen molar-refractivity contribution < 1.29 is 22.4 Å². The first-order chi connectivity index (χ1) is 9.77. The molecule has 1 aromatic carbocycles. The molecular weight excluding hydrogens is 374 g/mol. The van der Waals surface area contributed by atoms with E-state index in [0.717, 1.165) is 9.35 Å². The second-order valence-corrected chi connectivity index (χ2v) is 6.02. The van der Waals surface area contributed by atoms with E-state index in [1.54, 1.807) is 11.4 Å². The van der Waals surface area contributed by atoms with Gasteiger partial charge in [-0.2, -0.15) is 13.2 Å². The summed E-state index contributed by atoms with van der Waals surface area (Å²) < 4.78 is 52.0. The van der Waals surface area contributed by atoms with Crippen LogP contribution in [0.4, 0.5) is 17.6 Å². The third-order valence-corrected chi connectivity index (χ3v) is 4.28. The Hall–Kier alpha value is -1.41. The van der Waals surface area contributed by atoms with E-state index in [4.69, 9.17) is 0 Å². The van der Waals surface area contributed by atoms with Gasteiger partial charge in [0.2, 0.25) is 0 Å². The summed E-state index contributed by atoms with van der Waals surface area (Å²) in [6, 6.07) is 3.50. The van der Waals surface area contributed by atoms with Gasteiger partial charge < -0.3 is 5.32 Å². The van der Waals surface area contributed by atoms with Crippen LogP contribution in [0.1, 0.15) is 20.8 Å². The van der Waals surface area contributed by atoms with Crippen LogP contribution in [-0.2, 0) is 12.7 Å². The largest absolute Gasteiger partial charge is 0.416 e. The van der Waals surface area contributed by atoms with Crippen molar-refractivity contribution in [1.82, 2.24) is 5.32 Å². The Bertz CT molecular complexity index is 668. The van der Waals surface area contributed by atoms with Crippen LogP contribution in [-0.4, -0.2) is 5.91 Å². The zero-order chi connectivity index (χ0) is 15.6. The van der Waals surface area contributed by atoms with E-state index in [9.17, 15) is 22.4 Å². The molecule has 0 atom stereocenters. The van der Waals surface area contributed by atoms with Crippen molar-refractivity contribution in [3.63, 3.8) is 0 Å². The summed E-state index contributed by atoms with van der Waals surface area (Å²) in [6.07, 6.45) is -4.62. The average Bonchev–Trinajstić information content (AvgIpc) is 2.81. The van der Waals surface area contributed by atoms with E-state index in [1.165, 1.54) is 11.3 Å². The van der Waals surface area contributed by atoms with Crippen molar-refractivity contribution in [2.24, 2.45) is 0 Å². The average molecular weight is 382 g/mol. The number of nitrogens with one attached hydrogen (secondary N) is 1. The second-order valence-electron chi connectivity index (χ2n) is 4.11. The molecule has 1 N–H and O–H groups in total. The predicted octanol–water partition coefficient (Wildman–Crippen LogP) is 4.60. The molecule has 0 radical (unpaired) electrons. The minimum atomic E-state index is -4.62. The number of benzene rings is 1. The molecule has 0 unspecified atom stereocenters. The van der Waals surface area contributed by atoms with Gasteiger partial charge in [0, 0.05) is 14.7 Å². The van der Waals surface area contributed by atoms with E-state index in [1.807, 2.05) is 0 Å². The van der Waals surface area contributed by atoms with E-state index in [0.29, 0.717) is 18.2 Å². The molecule has 2 nitrogen and oxygen atoms in total. The molecule has 0 saturated heterocycles. The maximum absolute atomic E-state index is 13.5. The Balaban J connectivity index is 2.15. The number of thiophene rings is 1. The van der Waals surface area contributed by atoms with Crippen molar-refractivity contribution in [2.75, 3.05) is 0 Å².